The van der Waals surface area contributed by atoms with Crippen LogP contribution in [0.3, 0.4) is 0 Å². The maximum atomic E-state index is 3.54. The molecule has 19 heavy (non-hydrogen) atoms. The number of nitrogens with one attached hydrogen (secondary N) is 1. The second-order valence-electron chi connectivity index (χ2n) is 6.29. The van der Waals surface area contributed by atoms with Crippen LogP contribution in [0.25, 0.3) is 0 Å². The standard InChI is InChI=1S/C17H26N2/c1-14-5-6-16(15(2)13-14)17(7-9-18-10-8-17)19-11-3-4-12-19/h5-6,13,18H,3-4,7-12H2,1-2H3. The fourth-order valence-corrected chi connectivity index (χ4v) is 4.08. The fourth-order valence-electron chi connectivity index (χ4n) is 4.08. The van der Waals surface area contributed by atoms with Crippen LogP contribution in [0.4, 0.5) is 0 Å². The second kappa shape index (κ2) is 5.26. The molecule has 0 aromatic heterocycles. The largest absolute Gasteiger partial charge is 0.317 e. The van der Waals surface area contributed by atoms with Crippen LogP contribution in [0.1, 0.15) is 42.4 Å². The molecular formula is C17H26N2. The SMILES string of the molecule is Cc1ccc(C2(N3CCCC3)CCNCC2)c(C)c1. The van der Waals surface area contributed by atoms with Crippen molar-refractivity contribution in [3.8, 4) is 0 Å². The van der Waals surface area contributed by atoms with Crippen LogP contribution in [-0.2, 0) is 5.54 Å². The van der Waals surface area contributed by atoms with Crippen molar-refractivity contribution in [3.05, 3.63) is 34.9 Å². The van der Waals surface area contributed by atoms with E-state index in [4.69, 9.17) is 0 Å². The Morgan fingerprint density at radius 3 is 2.37 bits per heavy atom. The van der Waals surface area contributed by atoms with E-state index in [1.807, 2.05) is 0 Å². The van der Waals surface area contributed by atoms with Crippen LogP contribution in [0.15, 0.2) is 18.2 Å². The third-order valence-corrected chi connectivity index (χ3v) is 5.03. The molecule has 104 valence electrons. The van der Waals surface area contributed by atoms with E-state index in [1.165, 1.54) is 49.9 Å². The first-order valence-electron chi connectivity index (χ1n) is 7.76. The van der Waals surface area contributed by atoms with Crippen molar-refractivity contribution in [2.75, 3.05) is 26.2 Å². The van der Waals surface area contributed by atoms with Crippen molar-refractivity contribution >= 4 is 0 Å². The molecule has 1 aromatic carbocycles. The van der Waals surface area contributed by atoms with E-state index in [0.29, 0.717) is 5.54 Å². The van der Waals surface area contributed by atoms with Gasteiger partial charge in [-0.05, 0) is 76.8 Å². The molecule has 0 radical (unpaired) electrons. The molecule has 0 saturated carbocycles. The summed E-state index contributed by atoms with van der Waals surface area (Å²) in [7, 11) is 0. The molecule has 1 aromatic rings. The van der Waals surface area contributed by atoms with Crippen molar-refractivity contribution in [2.45, 2.75) is 45.1 Å². The van der Waals surface area contributed by atoms with E-state index >= 15 is 0 Å². The molecule has 0 amide bonds. The van der Waals surface area contributed by atoms with Gasteiger partial charge >= 0.3 is 0 Å². The van der Waals surface area contributed by atoms with Gasteiger partial charge in [-0.25, -0.2) is 0 Å². The van der Waals surface area contributed by atoms with Crippen molar-refractivity contribution in [2.24, 2.45) is 0 Å². The van der Waals surface area contributed by atoms with Crippen LogP contribution >= 0.6 is 0 Å². The topological polar surface area (TPSA) is 15.3 Å². The van der Waals surface area contributed by atoms with Crippen molar-refractivity contribution in [3.63, 3.8) is 0 Å². The molecule has 0 bridgehead atoms. The molecule has 2 saturated heterocycles. The fraction of sp³-hybridized carbons (Fsp3) is 0.647. The first-order chi connectivity index (χ1) is 9.22. The Labute approximate surface area is 117 Å². The summed E-state index contributed by atoms with van der Waals surface area (Å²) in [5, 5.41) is 3.54. The number of piperidine rings is 1. The summed E-state index contributed by atoms with van der Waals surface area (Å²) in [6.07, 6.45) is 5.27. The minimum atomic E-state index is 0.305. The number of likely N-dealkylation sites (tertiary alicyclic amines) is 1. The Hall–Kier alpha value is -0.860. The van der Waals surface area contributed by atoms with E-state index in [0.717, 1.165) is 13.1 Å². The molecule has 1 N–H and O–H groups in total. The number of benzene rings is 1. The first kappa shape index (κ1) is 13.1. The minimum Gasteiger partial charge on any atom is -0.317 e. The number of hydrogen-bond acceptors (Lipinski definition) is 2. The lowest BCUT2D eigenvalue weighted by Crippen LogP contribution is -2.51. The van der Waals surface area contributed by atoms with E-state index in [1.54, 1.807) is 5.56 Å². The normalized spacial score (nSPS) is 23.7. The lowest BCUT2D eigenvalue weighted by molar-refractivity contribution is 0.0771. The van der Waals surface area contributed by atoms with Gasteiger partial charge in [-0.1, -0.05) is 23.8 Å². The highest BCUT2D eigenvalue weighted by Crippen LogP contribution is 2.40. The molecular weight excluding hydrogens is 232 g/mol. The Morgan fingerprint density at radius 2 is 1.74 bits per heavy atom. The zero-order chi connectivity index (χ0) is 13.3. The average molecular weight is 258 g/mol. The molecule has 0 atom stereocenters. The minimum absolute atomic E-state index is 0.305. The Bertz CT molecular complexity index is 441. The van der Waals surface area contributed by atoms with Crippen molar-refractivity contribution in [1.82, 2.24) is 10.2 Å². The predicted octanol–water partition coefficient (Wildman–Crippen LogP) is 2.98. The Balaban J connectivity index is 2.02. The zero-order valence-corrected chi connectivity index (χ0v) is 12.3. The summed E-state index contributed by atoms with van der Waals surface area (Å²) in [6.45, 7) is 9.37. The summed E-state index contributed by atoms with van der Waals surface area (Å²) in [4.78, 5) is 2.77. The summed E-state index contributed by atoms with van der Waals surface area (Å²) in [5.74, 6) is 0. The van der Waals surface area contributed by atoms with E-state index in [2.05, 4.69) is 42.3 Å². The highest BCUT2D eigenvalue weighted by Gasteiger charge is 2.41. The summed E-state index contributed by atoms with van der Waals surface area (Å²) in [5.41, 5.74) is 4.75. The van der Waals surface area contributed by atoms with Gasteiger partial charge in [0.15, 0.2) is 0 Å². The molecule has 2 fully saturated rings. The molecule has 0 spiro atoms. The first-order valence-corrected chi connectivity index (χ1v) is 7.76. The van der Waals surface area contributed by atoms with Crippen LogP contribution < -0.4 is 5.32 Å². The van der Waals surface area contributed by atoms with Gasteiger partial charge in [0, 0.05) is 5.54 Å². The van der Waals surface area contributed by atoms with E-state index in [9.17, 15) is 0 Å². The van der Waals surface area contributed by atoms with Gasteiger partial charge < -0.3 is 5.32 Å². The lowest BCUT2D eigenvalue weighted by atomic mass is 9.77. The molecule has 2 aliphatic rings. The van der Waals surface area contributed by atoms with Gasteiger partial charge in [0.2, 0.25) is 0 Å². The highest BCUT2D eigenvalue weighted by atomic mass is 15.2. The number of nitrogens with zero attached hydrogens (tertiary/aromatic N) is 1. The average Bonchev–Trinajstić information content (AvgIpc) is 2.94. The van der Waals surface area contributed by atoms with Gasteiger partial charge in [-0.3, -0.25) is 4.90 Å². The zero-order valence-electron chi connectivity index (χ0n) is 12.3. The maximum Gasteiger partial charge on any atom is 0.0487 e. The Kier molecular flexibility index (Phi) is 3.64. The van der Waals surface area contributed by atoms with Crippen LogP contribution in [0, 0.1) is 13.8 Å². The van der Waals surface area contributed by atoms with Crippen LogP contribution in [0.2, 0.25) is 0 Å². The van der Waals surface area contributed by atoms with Gasteiger partial charge in [-0.15, -0.1) is 0 Å². The number of rotatable bonds is 2. The number of hydrogen-bond donors (Lipinski definition) is 1. The molecule has 3 rings (SSSR count). The molecule has 2 aliphatic heterocycles. The van der Waals surface area contributed by atoms with Gasteiger partial charge in [0.05, 0.1) is 0 Å². The smallest absolute Gasteiger partial charge is 0.0487 e. The van der Waals surface area contributed by atoms with Crippen molar-refractivity contribution < 1.29 is 0 Å². The molecule has 2 heteroatoms. The molecule has 2 nitrogen and oxygen atoms in total. The van der Waals surface area contributed by atoms with E-state index < -0.39 is 0 Å². The molecule has 0 aliphatic carbocycles. The molecule has 0 unspecified atom stereocenters. The van der Waals surface area contributed by atoms with Gasteiger partial charge in [0.1, 0.15) is 0 Å². The monoisotopic (exact) mass is 258 g/mol. The molecule has 2 heterocycles. The van der Waals surface area contributed by atoms with Crippen LogP contribution in [-0.4, -0.2) is 31.1 Å². The van der Waals surface area contributed by atoms with Gasteiger partial charge in [0.25, 0.3) is 0 Å². The third-order valence-electron chi connectivity index (χ3n) is 5.03. The number of aryl methyl sites for hydroxylation is 2. The quantitative estimate of drug-likeness (QED) is 0.877. The second-order valence-corrected chi connectivity index (χ2v) is 6.29. The predicted molar refractivity (Wildman–Crippen MR) is 80.5 cm³/mol. The Morgan fingerprint density at radius 1 is 1.05 bits per heavy atom. The maximum absolute atomic E-state index is 3.54. The summed E-state index contributed by atoms with van der Waals surface area (Å²) < 4.78 is 0. The lowest BCUT2D eigenvalue weighted by Gasteiger charge is -2.46. The van der Waals surface area contributed by atoms with Gasteiger partial charge in [-0.2, -0.15) is 0 Å². The van der Waals surface area contributed by atoms with Crippen molar-refractivity contribution in [1.29, 1.82) is 0 Å². The van der Waals surface area contributed by atoms with E-state index in [-0.39, 0.29) is 0 Å². The third kappa shape index (κ3) is 2.32. The summed E-state index contributed by atoms with van der Waals surface area (Å²) in [6, 6.07) is 7.05. The summed E-state index contributed by atoms with van der Waals surface area (Å²) >= 11 is 0. The van der Waals surface area contributed by atoms with Crippen LogP contribution in [0.5, 0.6) is 0 Å². The highest BCUT2D eigenvalue weighted by molar-refractivity contribution is 5.37.